The Kier molecular flexibility index (Phi) is 4.96. The largest absolute Gasteiger partial charge is 0.316 e. The molecule has 1 aromatic rings. The highest BCUT2D eigenvalue weighted by Gasteiger charge is 2.24. The van der Waals surface area contributed by atoms with Crippen molar-refractivity contribution in [3.63, 3.8) is 0 Å². The van der Waals surface area contributed by atoms with Crippen LogP contribution in [-0.4, -0.2) is 32.9 Å². The second-order valence-electron chi connectivity index (χ2n) is 5.28. The number of hydrogen-bond acceptors (Lipinski definition) is 3. The molecule has 1 heterocycles. The van der Waals surface area contributed by atoms with Gasteiger partial charge in [0.25, 0.3) is 0 Å². The minimum atomic E-state index is -3.22. The molecular weight excluding hydrogens is 272 g/mol. The van der Waals surface area contributed by atoms with Crippen molar-refractivity contribution in [2.24, 2.45) is 0 Å². The molecule has 0 unspecified atom stereocenters. The molecule has 1 aliphatic rings. The minimum absolute atomic E-state index is 0.0834. The van der Waals surface area contributed by atoms with Gasteiger partial charge in [0.1, 0.15) is 0 Å². The van der Waals surface area contributed by atoms with E-state index in [1.165, 1.54) is 0 Å². The number of sulfonamides is 1. The zero-order valence-corrected chi connectivity index (χ0v) is 12.9. The molecule has 0 saturated heterocycles. The van der Waals surface area contributed by atoms with Crippen molar-refractivity contribution in [2.45, 2.75) is 25.6 Å². The SMILES string of the molecule is CNCc1ccc(CS(=O)(=O)N2CCC=C(C)C2)cc1. The third-order valence-electron chi connectivity index (χ3n) is 3.44. The summed E-state index contributed by atoms with van der Waals surface area (Å²) < 4.78 is 26.4. The number of benzene rings is 1. The monoisotopic (exact) mass is 294 g/mol. The van der Waals surface area contributed by atoms with E-state index in [4.69, 9.17) is 0 Å². The highest BCUT2D eigenvalue weighted by molar-refractivity contribution is 7.88. The molecule has 1 N–H and O–H groups in total. The van der Waals surface area contributed by atoms with Crippen LogP contribution in [0.5, 0.6) is 0 Å². The van der Waals surface area contributed by atoms with Crippen LogP contribution in [0.3, 0.4) is 0 Å². The lowest BCUT2D eigenvalue weighted by Gasteiger charge is -2.25. The van der Waals surface area contributed by atoms with E-state index in [1.807, 2.05) is 38.2 Å². The maximum atomic E-state index is 12.4. The first-order chi connectivity index (χ1) is 9.51. The number of nitrogens with one attached hydrogen (secondary N) is 1. The van der Waals surface area contributed by atoms with Gasteiger partial charge in [0.2, 0.25) is 10.0 Å². The normalized spacial score (nSPS) is 17.0. The van der Waals surface area contributed by atoms with Gasteiger partial charge in [0, 0.05) is 19.6 Å². The first kappa shape index (κ1) is 15.2. The van der Waals surface area contributed by atoms with Crippen molar-refractivity contribution in [3.05, 3.63) is 47.0 Å². The van der Waals surface area contributed by atoms with Crippen molar-refractivity contribution in [1.82, 2.24) is 9.62 Å². The summed E-state index contributed by atoms with van der Waals surface area (Å²) in [6, 6.07) is 7.75. The van der Waals surface area contributed by atoms with Crippen molar-refractivity contribution in [1.29, 1.82) is 0 Å². The Labute approximate surface area is 121 Å². The van der Waals surface area contributed by atoms with Crippen molar-refractivity contribution >= 4 is 10.0 Å². The summed E-state index contributed by atoms with van der Waals surface area (Å²) in [5.41, 5.74) is 3.13. The summed E-state index contributed by atoms with van der Waals surface area (Å²) in [4.78, 5) is 0. The molecule has 5 heteroatoms. The van der Waals surface area contributed by atoms with Gasteiger partial charge in [-0.3, -0.25) is 0 Å². The van der Waals surface area contributed by atoms with E-state index in [0.717, 1.165) is 29.7 Å². The molecular formula is C15H22N2O2S. The zero-order valence-electron chi connectivity index (χ0n) is 12.1. The van der Waals surface area contributed by atoms with Crippen LogP contribution < -0.4 is 5.32 Å². The lowest BCUT2D eigenvalue weighted by atomic mass is 10.1. The first-order valence-electron chi connectivity index (χ1n) is 6.87. The standard InChI is InChI=1S/C15H22N2O2S/c1-13-4-3-9-17(11-13)20(18,19)12-15-7-5-14(6-8-15)10-16-2/h4-8,16H,3,9-12H2,1-2H3. The first-order valence-corrected chi connectivity index (χ1v) is 8.48. The van der Waals surface area contributed by atoms with Crippen LogP contribution in [0.1, 0.15) is 24.5 Å². The van der Waals surface area contributed by atoms with Gasteiger partial charge in [-0.2, -0.15) is 4.31 Å². The molecule has 1 aromatic carbocycles. The van der Waals surface area contributed by atoms with Crippen LogP contribution in [-0.2, 0) is 22.3 Å². The van der Waals surface area contributed by atoms with E-state index in [9.17, 15) is 8.42 Å². The molecule has 4 nitrogen and oxygen atoms in total. The van der Waals surface area contributed by atoms with Gasteiger partial charge in [-0.25, -0.2) is 8.42 Å². The predicted octanol–water partition coefficient (Wildman–Crippen LogP) is 1.89. The van der Waals surface area contributed by atoms with Gasteiger partial charge in [0.15, 0.2) is 0 Å². The highest BCUT2D eigenvalue weighted by Crippen LogP contribution is 2.17. The summed E-state index contributed by atoms with van der Waals surface area (Å²) in [6.07, 6.45) is 2.92. The number of nitrogens with zero attached hydrogens (tertiary/aromatic N) is 1. The molecule has 2 rings (SSSR count). The average Bonchev–Trinajstić information content (AvgIpc) is 2.41. The van der Waals surface area contributed by atoms with E-state index in [0.29, 0.717) is 13.1 Å². The van der Waals surface area contributed by atoms with E-state index in [2.05, 4.69) is 11.4 Å². The number of rotatable bonds is 5. The van der Waals surface area contributed by atoms with Crippen LogP contribution in [0.2, 0.25) is 0 Å². The molecule has 0 aromatic heterocycles. The Morgan fingerprint density at radius 2 is 1.85 bits per heavy atom. The fourth-order valence-corrected chi connectivity index (χ4v) is 3.95. The second kappa shape index (κ2) is 6.52. The zero-order chi connectivity index (χ0) is 14.6. The molecule has 0 amide bonds. The van der Waals surface area contributed by atoms with E-state index >= 15 is 0 Å². The van der Waals surface area contributed by atoms with Gasteiger partial charge in [-0.05, 0) is 31.5 Å². The molecule has 0 aliphatic carbocycles. The van der Waals surface area contributed by atoms with E-state index in [-0.39, 0.29) is 5.75 Å². The molecule has 0 fully saturated rings. The van der Waals surface area contributed by atoms with Gasteiger partial charge in [0.05, 0.1) is 5.75 Å². The van der Waals surface area contributed by atoms with Gasteiger partial charge < -0.3 is 5.32 Å². The minimum Gasteiger partial charge on any atom is -0.316 e. The average molecular weight is 294 g/mol. The molecule has 0 saturated carbocycles. The van der Waals surface area contributed by atoms with Gasteiger partial charge in [-0.1, -0.05) is 35.9 Å². The van der Waals surface area contributed by atoms with Gasteiger partial charge >= 0.3 is 0 Å². The smallest absolute Gasteiger partial charge is 0.218 e. The lowest BCUT2D eigenvalue weighted by Crippen LogP contribution is -2.36. The molecule has 0 bridgehead atoms. The molecule has 0 spiro atoms. The Morgan fingerprint density at radius 3 is 2.45 bits per heavy atom. The summed E-state index contributed by atoms with van der Waals surface area (Å²) in [6.45, 7) is 3.90. The third-order valence-corrected chi connectivity index (χ3v) is 5.24. The molecule has 0 atom stereocenters. The maximum absolute atomic E-state index is 12.4. The fraction of sp³-hybridized carbons (Fsp3) is 0.467. The summed E-state index contributed by atoms with van der Waals surface area (Å²) in [7, 11) is -1.32. The summed E-state index contributed by atoms with van der Waals surface area (Å²) in [5.74, 6) is 0.0834. The topological polar surface area (TPSA) is 49.4 Å². The Hall–Kier alpha value is -1.17. The van der Waals surface area contributed by atoms with Crippen molar-refractivity contribution in [3.8, 4) is 0 Å². The quantitative estimate of drug-likeness (QED) is 0.844. The van der Waals surface area contributed by atoms with Crippen LogP contribution in [0.4, 0.5) is 0 Å². The Balaban J connectivity index is 2.06. The van der Waals surface area contributed by atoms with Crippen molar-refractivity contribution < 1.29 is 8.42 Å². The van der Waals surface area contributed by atoms with Crippen LogP contribution >= 0.6 is 0 Å². The van der Waals surface area contributed by atoms with Crippen LogP contribution in [0, 0.1) is 0 Å². The maximum Gasteiger partial charge on any atom is 0.218 e. The third kappa shape index (κ3) is 3.91. The van der Waals surface area contributed by atoms with Crippen LogP contribution in [0.25, 0.3) is 0 Å². The van der Waals surface area contributed by atoms with E-state index < -0.39 is 10.0 Å². The second-order valence-corrected chi connectivity index (χ2v) is 7.24. The van der Waals surface area contributed by atoms with Crippen LogP contribution in [0.15, 0.2) is 35.9 Å². The van der Waals surface area contributed by atoms with E-state index in [1.54, 1.807) is 4.31 Å². The summed E-state index contributed by atoms with van der Waals surface area (Å²) in [5, 5.41) is 3.08. The molecule has 0 radical (unpaired) electrons. The fourth-order valence-electron chi connectivity index (χ4n) is 2.37. The highest BCUT2D eigenvalue weighted by atomic mass is 32.2. The van der Waals surface area contributed by atoms with Crippen molar-refractivity contribution in [2.75, 3.05) is 20.1 Å². The Bertz CT molecular complexity index is 576. The number of hydrogen-bond donors (Lipinski definition) is 1. The predicted molar refractivity (Wildman–Crippen MR) is 81.8 cm³/mol. The lowest BCUT2D eigenvalue weighted by molar-refractivity contribution is 0.427. The van der Waals surface area contributed by atoms with Gasteiger partial charge in [-0.15, -0.1) is 0 Å². The molecule has 1 aliphatic heterocycles. The Morgan fingerprint density at radius 1 is 1.20 bits per heavy atom. The molecule has 110 valence electrons. The molecule has 20 heavy (non-hydrogen) atoms. The summed E-state index contributed by atoms with van der Waals surface area (Å²) >= 11 is 0.